The Hall–Kier alpha value is -2.13. The third-order valence-electron chi connectivity index (χ3n) is 4.48. The van der Waals surface area contributed by atoms with E-state index in [1.807, 2.05) is 0 Å². The second kappa shape index (κ2) is 8.19. The number of esters is 1. The number of aryl methyl sites for hydroxylation is 1. The van der Waals surface area contributed by atoms with Gasteiger partial charge in [-0.25, -0.2) is 4.79 Å². The van der Waals surface area contributed by atoms with E-state index in [-0.39, 0.29) is 18.4 Å². The number of methoxy groups -OCH3 is 1. The van der Waals surface area contributed by atoms with Crippen molar-refractivity contribution in [3.05, 3.63) is 71.3 Å². The van der Waals surface area contributed by atoms with E-state index in [4.69, 9.17) is 11.6 Å². The molecule has 0 radical (unpaired) electrons. The Labute approximate surface area is 175 Å². The van der Waals surface area contributed by atoms with Crippen LogP contribution in [0.15, 0.2) is 54.6 Å². The minimum Gasteiger partial charge on any atom is -0.465 e. The highest BCUT2D eigenvalue weighted by molar-refractivity contribution is 8.46. The summed E-state index contributed by atoms with van der Waals surface area (Å²) in [5.41, 5.74) is 0.167. The molecule has 0 N–H and O–H groups in total. The first-order chi connectivity index (χ1) is 13.7. The minimum atomic E-state index is -10.2. The van der Waals surface area contributed by atoms with Crippen LogP contribution in [0.4, 0.5) is 19.4 Å². The van der Waals surface area contributed by atoms with Gasteiger partial charge in [-0.2, -0.15) is 0 Å². The normalized spacial score (nSPS) is 16.1. The molecule has 2 unspecified atom stereocenters. The van der Waals surface area contributed by atoms with Gasteiger partial charge >= 0.3 is 5.97 Å². The number of alkyl halides is 1. The number of benzene rings is 2. The monoisotopic (exact) mass is 470 g/mol. The molecule has 2 atom stereocenters. The van der Waals surface area contributed by atoms with E-state index in [9.17, 15) is 29.0 Å². The molecule has 0 aliphatic heterocycles. The molecule has 0 spiro atoms. The fourth-order valence-electron chi connectivity index (χ4n) is 2.88. The van der Waals surface area contributed by atoms with E-state index in [2.05, 4.69) is 4.74 Å². The van der Waals surface area contributed by atoms with Gasteiger partial charge < -0.3 is 4.74 Å². The summed E-state index contributed by atoms with van der Waals surface area (Å²) >= 11 is 5.94. The molecule has 2 aromatic carbocycles. The van der Waals surface area contributed by atoms with E-state index >= 15 is 0 Å². The summed E-state index contributed by atoms with van der Waals surface area (Å²) < 4.78 is 72.7. The lowest BCUT2D eigenvalue weighted by molar-refractivity contribution is 0.0600. The van der Waals surface area contributed by atoms with Gasteiger partial charge in [0.2, 0.25) is 0 Å². The lowest BCUT2D eigenvalue weighted by atomic mass is 10.0. The van der Waals surface area contributed by atoms with Crippen molar-refractivity contribution < 1.29 is 33.8 Å². The summed E-state index contributed by atoms with van der Waals surface area (Å²) in [6.07, 6.45) is -0.974. The van der Waals surface area contributed by atoms with Crippen molar-refractivity contribution in [3.8, 4) is 0 Å². The molecule has 166 valence electrons. The minimum absolute atomic E-state index is 0.00946. The Kier molecular flexibility index (Phi) is 6.59. The molecule has 2 rings (SSSR count). The zero-order valence-corrected chi connectivity index (χ0v) is 17.4. The maximum absolute atomic E-state index is 13.6. The number of carbonyl (C=O) groups excluding carboxylic acids is 2. The predicted octanol–water partition coefficient (Wildman–Crippen LogP) is 6.95. The zero-order chi connectivity index (χ0) is 22.6. The molecule has 0 saturated heterocycles. The second-order valence-corrected chi connectivity index (χ2v) is 10.1. The lowest BCUT2D eigenvalue weighted by Gasteiger charge is -2.46. The second-order valence-electron chi connectivity index (χ2n) is 6.81. The fraction of sp³-hybridized carbons (Fsp3) is 0.300. The van der Waals surface area contributed by atoms with Crippen LogP contribution in [0.3, 0.4) is 0 Å². The van der Waals surface area contributed by atoms with Crippen LogP contribution in [0, 0.1) is 0 Å². The molecule has 0 aliphatic carbocycles. The van der Waals surface area contributed by atoms with Crippen molar-refractivity contribution in [2.24, 2.45) is 0 Å². The van der Waals surface area contributed by atoms with Gasteiger partial charge in [-0.1, -0.05) is 61.9 Å². The van der Waals surface area contributed by atoms with Crippen LogP contribution in [-0.4, -0.2) is 29.5 Å². The SMILES string of the molecule is COC(=O)c1ccc(C(=O)C(CC(Cl)CCc2ccccc2)S(F)(F)(F)(F)F)cc1. The Morgan fingerprint density at radius 3 is 1.97 bits per heavy atom. The largest absolute Gasteiger partial charge is 0.465 e. The molecule has 3 nitrogen and oxygen atoms in total. The van der Waals surface area contributed by atoms with Crippen molar-refractivity contribution in [2.45, 2.75) is 29.9 Å². The summed E-state index contributed by atoms with van der Waals surface area (Å²) in [5.74, 6) is -2.56. The average molecular weight is 471 g/mol. The molecule has 2 aromatic rings. The summed E-state index contributed by atoms with van der Waals surface area (Å²) in [7, 11) is -9.10. The molecule has 30 heavy (non-hydrogen) atoms. The first-order valence-corrected chi connectivity index (χ1v) is 11.3. The molecule has 0 saturated carbocycles. The molecule has 0 heterocycles. The molecule has 0 aliphatic rings. The summed E-state index contributed by atoms with van der Waals surface area (Å²) in [6, 6.07) is 12.5. The highest BCUT2D eigenvalue weighted by Gasteiger charge is 2.72. The number of hydrogen-bond acceptors (Lipinski definition) is 3. The van der Waals surface area contributed by atoms with Crippen LogP contribution in [0.1, 0.15) is 39.1 Å². The molecular weight excluding hydrogens is 451 g/mol. The lowest BCUT2D eigenvalue weighted by Crippen LogP contribution is -2.36. The van der Waals surface area contributed by atoms with Gasteiger partial charge in [-0.3, -0.25) is 4.79 Å². The highest BCUT2D eigenvalue weighted by Crippen LogP contribution is 3.00. The van der Waals surface area contributed by atoms with Gasteiger partial charge in [0.15, 0.2) is 11.0 Å². The molecule has 10 heteroatoms. The van der Waals surface area contributed by atoms with Gasteiger partial charge in [0.25, 0.3) is 10.2 Å². The number of Topliss-reactive ketones (excluding diaryl/α,β-unsaturated/α-hetero) is 1. The maximum Gasteiger partial charge on any atom is 0.337 e. The summed E-state index contributed by atoms with van der Waals surface area (Å²) in [4.78, 5) is 23.8. The van der Waals surface area contributed by atoms with Crippen molar-refractivity contribution in [3.63, 3.8) is 0 Å². The van der Waals surface area contributed by atoms with Crippen molar-refractivity contribution in [1.29, 1.82) is 0 Å². The van der Waals surface area contributed by atoms with Crippen LogP contribution in [0.5, 0.6) is 0 Å². The molecule has 0 aromatic heterocycles. The van der Waals surface area contributed by atoms with Crippen molar-refractivity contribution >= 4 is 33.6 Å². The van der Waals surface area contributed by atoms with Crippen LogP contribution in [0.2, 0.25) is 0 Å². The number of rotatable bonds is 9. The smallest absolute Gasteiger partial charge is 0.337 e. The third-order valence-corrected chi connectivity index (χ3v) is 6.36. The molecular formula is C20H20ClF5O3S. The molecule has 0 fully saturated rings. The Bertz CT molecular complexity index is 902. The zero-order valence-electron chi connectivity index (χ0n) is 15.9. The van der Waals surface area contributed by atoms with Crippen LogP contribution >= 0.6 is 21.8 Å². The van der Waals surface area contributed by atoms with E-state index in [1.165, 1.54) is 0 Å². The predicted molar refractivity (Wildman–Crippen MR) is 108 cm³/mol. The standard InChI is InChI=1S/C20H20ClF5O3S/c1-29-20(28)16-10-8-15(9-11-16)19(27)18(30(22,23,24,25)26)13-17(21)12-7-14-5-3-2-4-6-14/h2-6,8-11,17-18H,7,12-13H2,1H3. The third kappa shape index (κ3) is 6.70. The average Bonchev–Trinajstić information content (AvgIpc) is 2.68. The topological polar surface area (TPSA) is 43.4 Å². The van der Waals surface area contributed by atoms with E-state index in [0.717, 1.165) is 36.9 Å². The summed E-state index contributed by atoms with van der Waals surface area (Å²) in [5, 5.41) is -4.82. The molecule has 0 bridgehead atoms. The molecule has 0 amide bonds. The van der Waals surface area contributed by atoms with Crippen LogP contribution in [0.25, 0.3) is 0 Å². The fourth-order valence-corrected chi connectivity index (χ4v) is 4.41. The highest BCUT2D eigenvalue weighted by atomic mass is 35.5. The van der Waals surface area contributed by atoms with Gasteiger partial charge in [0.1, 0.15) is 0 Å². The number of ether oxygens (including phenoxy) is 1. The van der Waals surface area contributed by atoms with E-state index in [0.29, 0.717) is 0 Å². The number of ketones is 1. The number of carbonyl (C=O) groups is 2. The Morgan fingerprint density at radius 2 is 1.47 bits per heavy atom. The number of halogens is 6. The van der Waals surface area contributed by atoms with Gasteiger partial charge in [-0.05, 0) is 37.0 Å². The van der Waals surface area contributed by atoms with Crippen molar-refractivity contribution in [1.82, 2.24) is 0 Å². The first kappa shape index (κ1) is 24.1. The van der Waals surface area contributed by atoms with Gasteiger partial charge in [0, 0.05) is 10.9 Å². The van der Waals surface area contributed by atoms with Crippen LogP contribution in [-0.2, 0) is 11.2 Å². The van der Waals surface area contributed by atoms with E-state index < -0.39 is 44.6 Å². The Morgan fingerprint density at radius 1 is 0.933 bits per heavy atom. The van der Waals surface area contributed by atoms with Gasteiger partial charge in [0.05, 0.1) is 12.7 Å². The first-order valence-electron chi connectivity index (χ1n) is 8.85. The Balaban J connectivity index is 2.23. The summed E-state index contributed by atoms with van der Waals surface area (Å²) in [6.45, 7) is 0. The maximum atomic E-state index is 13.6. The quantitative estimate of drug-likeness (QED) is 0.172. The van der Waals surface area contributed by atoms with Gasteiger partial charge in [-0.15, -0.1) is 11.6 Å². The van der Waals surface area contributed by atoms with Crippen LogP contribution < -0.4 is 0 Å². The number of hydrogen-bond donors (Lipinski definition) is 0. The van der Waals surface area contributed by atoms with E-state index in [1.54, 1.807) is 30.3 Å². The van der Waals surface area contributed by atoms with Crippen molar-refractivity contribution in [2.75, 3.05) is 7.11 Å².